The van der Waals surface area contributed by atoms with Crippen molar-refractivity contribution in [1.29, 1.82) is 0 Å². The van der Waals surface area contributed by atoms with Crippen molar-refractivity contribution < 1.29 is 14.6 Å². The molecule has 2 unspecified atom stereocenters. The molecule has 2 N–H and O–H groups in total. The maximum atomic E-state index is 11.8. The van der Waals surface area contributed by atoms with Crippen molar-refractivity contribution in [1.82, 2.24) is 5.32 Å². The summed E-state index contributed by atoms with van der Waals surface area (Å²) in [6, 6.07) is 7.02. The highest BCUT2D eigenvalue weighted by Crippen LogP contribution is 2.19. The maximum Gasteiger partial charge on any atom is 0.249 e. The minimum absolute atomic E-state index is 0.0150. The predicted molar refractivity (Wildman–Crippen MR) is 68.3 cm³/mol. The molecule has 2 rings (SSSR count). The minimum Gasteiger partial charge on any atom is -0.508 e. The van der Waals surface area contributed by atoms with Crippen molar-refractivity contribution in [2.45, 2.75) is 25.9 Å². The zero-order chi connectivity index (χ0) is 13.0. The van der Waals surface area contributed by atoms with Gasteiger partial charge in [-0.2, -0.15) is 0 Å². The van der Waals surface area contributed by atoms with Gasteiger partial charge in [0.1, 0.15) is 11.9 Å². The average Bonchev–Trinajstić information content (AvgIpc) is 2.78. The Balaban J connectivity index is 1.75. The van der Waals surface area contributed by atoms with Crippen molar-refractivity contribution in [2.75, 3.05) is 13.2 Å². The van der Waals surface area contributed by atoms with Crippen molar-refractivity contribution in [3.8, 4) is 5.75 Å². The fourth-order valence-electron chi connectivity index (χ4n) is 2.12. The van der Waals surface area contributed by atoms with Crippen molar-refractivity contribution in [3.05, 3.63) is 29.8 Å². The summed E-state index contributed by atoms with van der Waals surface area (Å²) in [6.45, 7) is 3.31. The van der Waals surface area contributed by atoms with Gasteiger partial charge in [0.15, 0.2) is 0 Å². The van der Waals surface area contributed by atoms with Crippen LogP contribution in [0.25, 0.3) is 0 Å². The molecule has 2 atom stereocenters. The lowest BCUT2D eigenvalue weighted by Crippen LogP contribution is -2.38. The zero-order valence-corrected chi connectivity index (χ0v) is 10.6. The van der Waals surface area contributed by atoms with Crippen LogP contribution in [-0.2, 0) is 16.0 Å². The smallest absolute Gasteiger partial charge is 0.249 e. The highest BCUT2D eigenvalue weighted by Gasteiger charge is 2.30. The second-order valence-electron chi connectivity index (χ2n) is 4.76. The van der Waals surface area contributed by atoms with Crippen LogP contribution >= 0.6 is 0 Å². The van der Waals surface area contributed by atoms with Gasteiger partial charge in [-0.1, -0.05) is 19.1 Å². The first-order valence-corrected chi connectivity index (χ1v) is 6.34. The third-order valence-electron chi connectivity index (χ3n) is 3.30. The molecule has 0 saturated carbocycles. The molecular formula is C14H19NO3. The van der Waals surface area contributed by atoms with Crippen LogP contribution in [0.5, 0.6) is 5.75 Å². The predicted octanol–water partition coefficient (Wildman–Crippen LogP) is 1.48. The van der Waals surface area contributed by atoms with E-state index in [-0.39, 0.29) is 17.8 Å². The molecule has 1 fully saturated rings. The third kappa shape index (κ3) is 3.23. The monoisotopic (exact) mass is 249 g/mol. The molecule has 4 nitrogen and oxygen atoms in total. The van der Waals surface area contributed by atoms with Gasteiger partial charge in [-0.15, -0.1) is 0 Å². The van der Waals surface area contributed by atoms with E-state index in [9.17, 15) is 4.79 Å². The number of nitrogens with one attached hydrogen (secondary N) is 1. The first kappa shape index (κ1) is 12.9. The lowest BCUT2D eigenvalue weighted by Gasteiger charge is -2.14. The van der Waals surface area contributed by atoms with Gasteiger partial charge in [0, 0.05) is 13.2 Å². The van der Waals surface area contributed by atoms with Crippen molar-refractivity contribution in [3.63, 3.8) is 0 Å². The SMILES string of the molecule is CC1CCOC1C(=O)NCCc1ccc(O)cc1. The van der Waals surface area contributed by atoms with Gasteiger partial charge in [0.25, 0.3) is 0 Å². The highest BCUT2D eigenvalue weighted by atomic mass is 16.5. The quantitative estimate of drug-likeness (QED) is 0.849. The summed E-state index contributed by atoms with van der Waals surface area (Å²) in [6.07, 6.45) is 1.42. The van der Waals surface area contributed by atoms with E-state index < -0.39 is 0 Å². The molecule has 1 saturated heterocycles. The van der Waals surface area contributed by atoms with Crippen molar-refractivity contribution >= 4 is 5.91 Å². The summed E-state index contributed by atoms with van der Waals surface area (Å²) >= 11 is 0. The molecule has 1 aromatic rings. The molecule has 18 heavy (non-hydrogen) atoms. The van der Waals surface area contributed by atoms with Gasteiger partial charge >= 0.3 is 0 Å². The number of ether oxygens (including phenoxy) is 1. The molecule has 1 heterocycles. The van der Waals surface area contributed by atoms with E-state index >= 15 is 0 Å². The van der Waals surface area contributed by atoms with E-state index in [0.29, 0.717) is 19.1 Å². The number of aromatic hydroxyl groups is 1. The van der Waals surface area contributed by atoms with Crippen LogP contribution in [-0.4, -0.2) is 30.3 Å². The van der Waals surface area contributed by atoms with E-state index in [0.717, 1.165) is 18.4 Å². The second kappa shape index (κ2) is 5.87. The molecule has 4 heteroatoms. The molecule has 1 aliphatic rings. The van der Waals surface area contributed by atoms with Gasteiger partial charge in [-0.3, -0.25) is 4.79 Å². The summed E-state index contributed by atoms with van der Waals surface area (Å²) in [5, 5.41) is 12.0. The normalized spacial score (nSPS) is 22.9. The number of carbonyl (C=O) groups excluding carboxylic acids is 1. The Morgan fingerprint density at radius 1 is 1.44 bits per heavy atom. The Bertz CT molecular complexity index is 402. The number of amides is 1. The summed E-state index contributed by atoms with van der Waals surface area (Å²) in [5.74, 6) is 0.549. The first-order chi connectivity index (χ1) is 8.66. The molecule has 1 aliphatic heterocycles. The molecule has 1 aromatic carbocycles. The van der Waals surface area contributed by atoms with Crippen LogP contribution in [0.2, 0.25) is 0 Å². The largest absolute Gasteiger partial charge is 0.508 e. The molecule has 1 amide bonds. The number of rotatable bonds is 4. The summed E-state index contributed by atoms with van der Waals surface area (Å²) in [7, 11) is 0. The number of hydrogen-bond donors (Lipinski definition) is 2. The topological polar surface area (TPSA) is 58.6 Å². The number of phenolic OH excluding ortho intramolecular Hbond substituents is 1. The molecule has 0 aliphatic carbocycles. The molecule has 0 aromatic heterocycles. The fraction of sp³-hybridized carbons (Fsp3) is 0.500. The first-order valence-electron chi connectivity index (χ1n) is 6.34. The van der Waals surface area contributed by atoms with Gasteiger partial charge in [0.05, 0.1) is 0 Å². The lowest BCUT2D eigenvalue weighted by molar-refractivity contribution is -0.131. The highest BCUT2D eigenvalue weighted by molar-refractivity contribution is 5.81. The van der Waals surface area contributed by atoms with Crippen molar-refractivity contribution in [2.24, 2.45) is 5.92 Å². The summed E-state index contributed by atoms with van der Waals surface area (Å²) in [4.78, 5) is 11.8. The van der Waals surface area contributed by atoms with Crippen LogP contribution in [0.3, 0.4) is 0 Å². The van der Waals surface area contributed by atoms with E-state index in [1.54, 1.807) is 12.1 Å². The fourth-order valence-corrected chi connectivity index (χ4v) is 2.12. The van der Waals surface area contributed by atoms with E-state index in [4.69, 9.17) is 9.84 Å². The molecule has 0 radical (unpaired) electrons. The van der Waals surface area contributed by atoms with E-state index in [1.807, 2.05) is 19.1 Å². The number of carbonyl (C=O) groups is 1. The molecule has 98 valence electrons. The average molecular weight is 249 g/mol. The van der Waals surface area contributed by atoms with Crippen LogP contribution in [0.15, 0.2) is 24.3 Å². The molecular weight excluding hydrogens is 230 g/mol. The van der Waals surface area contributed by atoms with Crippen LogP contribution in [0.4, 0.5) is 0 Å². The van der Waals surface area contributed by atoms with E-state index in [2.05, 4.69) is 5.32 Å². The Hall–Kier alpha value is -1.55. The maximum absolute atomic E-state index is 11.8. The number of phenols is 1. The second-order valence-corrected chi connectivity index (χ2v) is 4.76. The van der Waals surface area contributed by atoms with E-state index in [1.165, 1.54) is 0 Å². The van der Waals surface area contributed by atoms with Gasteiger partial charge in [0.2, 0.25) is 5.91 Å². The van der Waals surface area contributed by atoms with Crippen LogP contribution < -0.4 is 5.32 Å². The lowest BCUT2D eigenvalue weighted by atomic mass is 10.0. The Morgan fingerprint density at radius 3 is 2.78 bits per heavy atom. The third-order valence-corrected chi connectivity index (χ3v) is 3.30. The zero-order valence-electron chi connectivity index (χ0n) is 10.6. The Kier molecular flexibility index (Phi) is 4.20. The number of benzene rings is 1. The van der Waals surface area contributed by atoms with Gasteiger partial charge in [-0.05, 0) is 36.5 Å². The standard InChI is InChI=1S/C14H19NO3/c1-10-7-9-18-13(10)14(17)15-8-6-11-2-4-12(16)5-3-11/h2-5,10,13,16H,6-9H2,1H3,(H,15,17). The van der Waals surface area contributed by atoms with Crippen LogP contribution in [0.1, 0.15) is 18.9 Å². The Morgan fingerprint density at radius 2 is 2.17 bits per heavy atom. The van der Waals surface area contributed by atoms with Crippen LogP contribution in [0, 0.1) is 5.92 Å². The molecule has 0 spiro atoms. The summed E-state index contributed by atoms with van der Waals surface area (Å²) < 4.78 is 5.40. The number of hydrogen-bond acceptors (Lipinski definition) is 3. The summed E-state index contributed by atoms with van der Waals surface area (Å²) in [5.41, 5.74) is 1.09. The molecule has 0 bridgehead atoms. The van der Waals surface area contributed by atoms with Gasteiger partial charge < -0.3 is 15.2 Å². The Labute approximate surface area is 107 Å². The minimum atomic E-state index is -0.287. The van der Waals surface area contributed by atoms with Gasteiger partial charge in [-0.25, -0.2) is 0 Å².